The van der Waals surface area contributed by atoms with Gasteiger partial charge in [0, 0.05) is 34.7 Å². The number of rotatable bonds is 4. The average molecular weight is 501 g/mol. The van der Waals surface area contributed by atoms with Gasteiger partial charge in [0.1, 0.15) is 6.04 Å². The monoisotopic (exact) mass is 499 g/mol. The molecule has 0 aliphatic carbocycles. The largest absolute Gasteiger partial charge is 0.381 e. The number of fused-ring (bicyclic) bond motifs is 1. The number of halogens is 3. The number of piperidine rings is 1. The molecule has 0 radical (unpaired) electrons. The number of aromatic amines is 1. The Morgan fingerprint density at radius 1 is 1.24 bits per heavy atom. The summed E-state index contributed by atoms with van der Waals surface area (Å²) in [5.74, 6) is -0.0193. The molecule has 3 aromatic rings. The van der Waals surface area contributed by atoms with Gasteiger partial charge in [-0.3, -0.25) is 9.89 Å². The van der Waals surface area contributed by atoms with E-state index in [-0.39, 0.29) is 36.8 Å². The zero-order valence-corrected chi connectivity index (χ0v) is 18.9. The highest BCUT2D eigenvalue weighted by Gasteiger charge is 2.28. The molecule has 2 unspecified atom stereocenters. The van der Waals surface area contributed by atoms with E-state index < -0.39 is 6.04 Å². The lowest BCUT2D eigenvalue weighted by atomic mass is 10.0. The van der Waals surface area contributed by atoms with E-state index in [0.717, 1.165) is 46.0 Å². The maximum Gasteiger partial charge on any atom is 0.244 e. The summed E-state index contributed by atoms with van der Waals surface area (Å²) in [6.45, 7) is 1.41. The van der Waals surface area contributed by atoms with Crippen molar-refractivity contribution in [3.8, 4) is 0 Å². The number of carbonyl (C=O) groups excluding carboxylic acids is 1. The van der Waals surface area contributed by atoms with Crippen LogP contribution in [0.15, 0.2) is 53.1 Å². The van der Waals surface area contributed by atoms with Gasteiger partial charge in [-0.2, -0.15) is 5.10 Å². The highest BCUT2D eigenvalue weighted by atomic mass is 79.9. The van der Waals surface area contributed by atoms with E-state index in [1.54, 1.807) is 0 Å². The smallest absolute Gasteiger partial charge is 0.244 e. The lowest BCUT2D eigenvalue weighted by molar-refractivity contribution is -0.133. The van der Waals surface area contributed by atoms with Crippen molar-refractivity contribution in [2.45, 2.75) is 24.9 Å². The summed E-state index contributed by atoms with van der Waals surface area (Å²) >= 11 is 3.41. The number of H-pyrrole nitrogens is 1. The summed E-state index contributed by atoms with van der Waals surface area (Å²) in [5.41, 5.74) is 9.12. The number of hydrogen-bond acceptors (Lipinski definition) is 4. The van der Waals surface area contributed by atoms with Gasteiger partial charge >= 0.3 is 0 Å². The van der Waals surface area contributed by atoms with Crippen LogP contribution in [0.5, 0.6) is 0 Å². The van der Waals surface area contributed by atoms with Crippen LogP contribution >= 0.6 is 40.7 Å². The Hall–Kier alpha value is -1.80. The fraction of sp³-hybridized carbons (Fsp3) is 0.300. The third-order valence-corrected chi connectivity index (χ3v) is 5.57. The van der Waals surface area contributed by atoms with Crippen LogP contribution in [0, 0.1) is 0 Å². The standard InChI is InChI=1S/C20H22BrN5O.2ClH/c21-15-5-3-13(4-6-15)19(22)20(27)26-9-1-2-17(12-26)24-16-7-8-18-14(10-16)11-23-25-18;;/h3-8,10-11,17,19,24H,1-2,9,12,22H2,(H,23,25);2*1H. The topological polar surface area (TPSA) is 87.0 Å². The first kappa shape index (κ1) is 23.5. The lowest BCUT2D eigenvalue weighted by Gasteiger charge is -2.35. The van der Waals surface area contributed by atoms with Crippen LogP contribution in [-0.2, 0) is 4.79 Å². The first-order chi connectivity index (χ1) is 13.1. The quantitative estimate of drug-likeness (QED) is 0.499. The van der Waals surface area contributed by atoms with Crippen LogP contribution in [-0.4, -0.2) is 40.1 Å². The average Bonchev–Trinajstić information content (AvgIpc) is 3.15. The third kappa shape index (κ3) is 5.42. The van der Waals surface area contributed by atoms with Gasteiger partial charge in [-0.05, 0) is 48.7 Å². The summed E-state index contributed by atoms with van der Waals surface area (Å²) < 4.78 is 0.975. The van der Waals surface area contributed by atoms with Crippen LogP contribution < -0.4 is 11.1 Å². The van der Waals surface area contributed by atoms with Crippen molar-refractivity contribution >= 4 is 63.2 Å². The maximum atomic E-state index is 12.9. The second-order valence-corrected chi connectivity index (χ2v) is 7.88. The van der Waals surface area contributed by atoms with Gasteiger partial charge in [0.2, 0.25) is 5.91 Å². The van der Waals surface area contributed by atoms with Crippen molar-refractivity contribution in [2.75, 3.05) is 18.4 Å². The van der Waals surface area contributed by atoms with E-state index >= 15 is 0 Å². The van der Waals surface area contributed by atoms with Crippen molar-refractivity contribution in [3.63, 3.8) is 0 Å². The molecular weight excluding hydrogens is 477 g/mol. The second kappa shape index (κ2) is 10.3. The Kier molecular flexibility index (Phi) is 8.34. The second-order valence-electron chi connectivity index (χ2n) is 6.97. The Morgan fingerprint density at radius 3 is 2.76 bits per heavy atom. The fourth-order valence-corrected chi connectivity index (χ4v) is 3.84. The number of nitrogens with zero attached hydrogens (tertiary/aromatic N) is 2. The minimum Gasteiger partial charge on any atom is -0.381 e. The van der Waals surface area contributed by atoms with Gasteiger partial charge in [-0.15, -0.1) is 24.8 Å². The number of aromatic nitrogens is 2. The first-order valence-corrected chi connectivity index (χ1v) is 9.89. The summed E-state index contributed by atoms with van der Waals surface area (Å²) in [7, 11) is 0. The summed E-state index contributed by atoms with van der Waals surface area (Å²) in [5, 5.41) is 11.6. The van der Waals surface area contributed by atoms with Crippen LogP contribution in [0.1, 0.15) is 24.4 Å². The molecular formula is C20H24BrCl2N5O. The molecule has 2 atom stereocenters. The molecule has 2 heterocycles. The van der Waals surface area contributed by atoms with Crippen LogP contribution in [0.3, 0.4) is 0 Å². The van der Waals surface area contributed by atoms with Crippen molar-refractivity contribution in [1.82, 2.24) is 15.1 Å². The Bertz CT molecular complexity index is 949. The molecule has 4 rings (SSSR count). The van der Waals surface area contributed by atoms with Gasteiger partial charge in [0.05, 0.1) is 11.7 Å². The van der Waals surface area contributed by atoms with Crippen LogP contribution in [0.4, 0.5) is 5.69 Å². The number of anilines is 1. The Morgan fingerprint density at radius 2 is 2.00 bits per heavy atom. The zero-order valence-electron chi connectivity index (χ0n) is 15.7. The Labute approximate surface area is 190 Å². The van der Waals surface area contributed by atoms with E-state index in [2.05, 4.69) is 37.5 Å². The maximum absolute atomic E-state index is 12.9. The number of likely N-dealkylation sites (tertiary alicyclic amines) is 1. The number of carbonyl (C=O) groups is 1. The molecule has 1 aromatic heterocycles. The minimum absolute atomic E-state index is 0. The molecule has 4 N–H and O–H groups in total. The van der Waals surface area contributed by atoms with Crippen molar-refractivity contribution in [3.05, 3.63) is 58.7 Å². The van der Waals surface area contributed by atoms with Gasteiger partial charge in [-0.25, -0.2) is 0 Å². The van der Waals surface area contributed by atoms with E-state index in [0.29, 0.717) is 6.54 Å². The lowest BCUT2D eigenvalue weighted by Crippen LogP contribution is -2.48. The van der Waals surface area contributed by atoms with Crippen LogP contribution in [0.25, 0.3) is 10.9 Å². The predicted molar refractivity (Wildman–Crippen MR) is 125 cm³/mol. The van der Waals surface area contributed by atoms with Gasteiger partial charge in [0.25, 0.3) is 0 Å². The van der Waals surface area contributed by atoms with E-state index in [1.165, 1.54) is 0 Å². The zero-order chi connectivity index (χ0) is 18.8. The SMILES string of the molecule is Cl.Cl.NC(C(=O)N1CCCC(Nc2ccc3[nH]ncc3c2)C1)c1ccc(Br)cc1. The molecule has 0 saturated carbocycles. The van der Waals surface area contributed by atoms with Gasteiger partial charge in [0.15, 0.2) is 0 Å². The van der Waals surface area contributed by atoms with Gasteiger partial charge < -0.3 is 16.0 Å². The van der Waals surface area contributed by atoms with E-state index in [4.69, 9.17) is 5.73 Å². The number of benzene rings is 2. The summed E-state index contributed by atoms with van der Waals surface area (Å²) in [6.07, 6.45) is 3.81. The molecule has 1 amide bonds. The van der Waals surface area contributed by atoms with E-state index in [1.807, 2.05) is 47.5 Å². The van der Waals surface area contributed by atoms with E-state index in [9.17, 15) is 4.79 Å². The molecule has 1 aliphatic rings. The first-order valence-electron chi connectivity index (χ1n) is 9.09. The minimum atomic E-state index is -0.626. The summed E-state index contributed by atoms with van der Waals surface area (Å²) in [6, 6.07) is 13.3. The molecule has 29 heavy (non-hydrogen) atoms. The van der Waals surface area contributed by atoms with Crippen molar-refractivity contribution in [2.24, 2.45) is 5.73 Å². The molecule has 0 bridgehead atoms. The highest BCUT2D eigenvalue weighted by Crippen LogP contribution is 2.23. The molecule has 6 nitrogen and oxygen atoms in total. The fourth-order valence-electron chi connectivity index (χ4n) is 3.57. The van der Waals surface area contributed by atoms with Crippen molar-refractivity contribution < 1.29 is 4.79 Å². The number of hydrogen-bond donors (Lipinski definition) is 3. The number of amides is 1. The summed E-state index contributed by atoms with van der Waals surface area (Å²) in [4.78, 5) is 14.7. The predicted octanol–water partition coefficient (Wildman–Crippen LogP) is 4.27. The molecule has 1 saturated heterocycles. The van der Waals surface area contributed by atoms with Crippen LogP contribution in [0.2, 0.25) is 0 Å². The Balaban J connectivity index is 0.00000150. The highest BCUT2D eigenvalue weighted by molar-refractivity contribution is 9.10. The molecule has 1 fully saturated rings. The third-order valence-electron chi connectivity index (χ3n) is 5.04. The number of nitrogens with one attached hydrogen (secondary N) is 2. The van der Waals surface area contributed by atoms with Crippen molar-refractivity contribution in [1.29, 1.82) is 0 Å². The molecule has 9 heteroatoms. The molecule has 2 aromatic carbocycles. The molecule has 1 aliphatic heterocycles. The normalized spacial score (nSPS) is 17.2. The molecule has 156 valence electrons. The van der Waals surface area contributed by atoms with Gasteiger partial charge in [-0.1, -0.05) is 28.1 Å². The number of nitrogens with two attached hydrogens (primary N) is 1. The molecule has 0 spiro atoms.